The summed E-state index contributed by atoms with van der Waals surface area (Å²) in [5, 5.41) is 3.66. The number of hydrogen-bond acceptors (Lipinski definition) is 3. The largest absolute Gasteiger partial charge is 0.381 e. The Labute approximate surface area is 106 Å². The van der Waals surface area contributed by atoms with Crippen molar-refractivity contribution in [2.45, 2.75) is 39.2 Å². The summed E-state index contributed by atoms with van der Waals surface area (Å²) >= 11 is 0. The van der Waals surface area contributed by atoms with Gasteiger partial charge in [-0.1, -0.05) is 13.8 Å². The van der Waals surface area contributed by atoms with Crippen LogP contribution in [0.25, 0.3) is 0 Å². The summed E-state index contributed by atoms with van der Waals surface area (Å²) in [7, 11) is 0. The van der Waals surface area contributed by atoms with E-state index in [1.54, 1.807) is 0 Å². The number of rotatable bonds is 6. The van der Waals surface area contributed by atoms with Gasteiger partial charge in [0.2, 0.25) is 0 Å². The van der Waals surface area contributed by atoms with Gasteiger partial charge in [0.25, 0.3) is 0 Å². The molecule has 0 radical (unpaired) electrons. The topological polar surface area (TPSA) is 24.5 Å². The van der Waals surface area contributed by atoms with Crippen molar-refractivity contribution in [3.63, 3.8) is 0 Å². The van der Waals surface area contributed by atoms with Crippen LogP contribution in [0.3, 0.4) is 0 Å². The second-order valence-corrected chi connectivity index (χ2v) is 5.94. The molecular formula is C14H28N2O. The molecule has 3 heteroatoms. The van der Waals surface area contributed by atoms with Crippen molar-refractivity contribution in [1.29, 1.82) is 0 Å². The molecule has 0 aromatic carbocycles. The van der Waals surface area contributed by atoms with Crippen molar-refractivity contribution in [3.05, 3.63) is 0 Å². The second-order valence-electron chi connectivity index (χ2n) is 5.94. The van der Waals surface area contributed by atoms with E-state index in [0.29, 0.717) is 0 Å². The molecule has 0 aromatic heterocycles. The quantitative estimate of drug-likeness (QED) is 0.765. The molecule has 2 fully saturated rings. The number of nitrogens with zero attached hydrogens (tertiary/aromatic N) is 1. The van der Waals surface area contributed by atoms with Crippen LogP contribution in [-0.4, -0.2) is 50.3 Å². The number of nitrogens with one attached hydrogen (secondary N) is 1. The summed E-state index contributed by atoms with van der Waals surface area (Å²) in [4.78, 5) is 2.67. The molecule has 1 N–H and O–H groups in total. The molecule has 0 amide bonds. The highest BCUT2D eigenvalue weighted by atomic mass is 16.5. The van der Waals surface area contributed by atoms with E-state index >= 15 is 0 Å². The Balaban J connectivity index is 1.69. The van der Waals surface area contributed by atoms with E-state index in [2.05, 4.69) is 24.1 Å². The van der Waals surface area contributed by atoms with Crippen molar-refractivity contribution in [3.8, 4) is 0 Å². The van der Waals surface area contributed by atoms with E-state index in [0.717, 1.165) is 44.2 Å². The zero-order valence-electron chi connectivity index (χ0n) is 11.5. The van der Waals surface area contributed by atoms with Gasteiger partial charge in [-0.3, -0.25) is 4.90 Å². The fourth-order valence-corrected chi connectivity index (χ4v) is 3.04. The first-order valence-electron chi connectivity index (χ1n) is 7.30. The minimum absolute atomic E-state index is 0.722. The highest BCUT2D eigenvalue weighted by Crippen LogP contribution is 2.17. The van der Waals surface area contributed by atoms with Gasteiger partial charge in [0.05, 0.1) is 6.61 Å². The van der Waals surface area contributed by atoms with E-state index in [1.165, 1.54) is 32.4 Å². The van der Waals surface area contributed by atoms with E-state index in [4.69, 9.17) is 4.74 Å². The Bertz CT molecular complexity index is 208. The highest BCUT2D eigenvalue weighted by Gasteiger charge is 2.24. The predicted octanol–water partition coefficient (Wildman–Crippen LogP) is 1.73. The molecule has 2 atom stereocenters. The SMILES string of the molecule is CC(C)C(CNCC1CCOC1)N1CCCC1. The first-order valence-corrected chi connectivity index (χ1v) is 7.30. The van der Waals surface area contributed by atoms with Crippen molar-refractivity contribution >= 4 is 0 Å². The van der Waals surface area contributed by atoms with Gasteiger partial charge in [-0.2, -0.15) is 0 Å². The minimum Gasteiger partial charge on any atom is -0.381 e. The van der Waals surface area contributed by atoms with Crippen LogP contribution in [0.4, 0.5) is 0 Å². The molecule has 0 bridgehead atoms. The van der Waals surface area contributed by atoms with Gasteiger partial charge in [-0.25, -0.2) is 0 Å². The summed E-state index contributed by atoms with van der Waals surface area (Å²) in [6.45, 7) is 11.5. The lowest BCUT2D eigenvalue weighted by Gasteiger charge is -2.31. The fraction of sp³-hybridized carbons (Fsp3) is 1.00. The van der Waals surface area contributed by atoms with Gasteiger partial charge in [-0.15, -0.1) is 0 Å². The zero-order chi connectivity index (χ0) is 12.1. The van der Waals surface area contributed by atoms with Gasteiger partial charge in [0.15, 0.2) is 0 Å². The lowest BCUT2D eigenvalue weighted by atomic mass is 10.0. The fourth-order valence-electron chi connectivity index (χ4n) is 3.04. The Morgan fingerprint density at radius 3 is 2.65 bits per heavy atom. The molecular weight excluding hydrogens is 212 g/mol. The molecule has 2 rings (SSSR count). The van der Waals surface area contributed by atoms with Crippen LogP contribution < -0.4 is 5.32 Å². The minimum atomic E-state index is 0.722. The Morgan fingerprint density at radius 2 is 2.06 bits per heavy atom. The predicted molar refractivity (Wildman–Crippen MR) is 71.2 cm³/mol. The zero-order valence-corrected chi connectivity index (χ0v) is 11.5. The Kier molecular flexibility index (Phi) is 5.26. The van der Waals surface area contributed by atoms with Crippen molar-refractivity contribution in [2.24, 2.45) is 11.8 Å². The maximum Gasteiger partial charge on any atom is 0.0507 e. The molecule has 2 unspecified atom stereocenters. The molecule has 100 valence electrons. The van der Waals surface area contributed by atoms with E-state index in [-0.39, 0.29) is 0 Å². The number of likely N-dealkylation sites (tertiary alicyclic amines) is 1. The smallest absolute Gasteiger partial charge is 0.0507 e. The van der Waals surface area contributed by atoms with Crippen LogP contribution in [0.2, 0.25) is 0 Å². The van der Waals surface area contributed by atoms with E-state index < -0.39 is 0 Å². The summed E-state index contributed by atoms with van der Waals surface area (Å²) in [6, 6.07) is 0.722. The monoisotopic (exact) mass is 240 g/mol. The molecule has 0 spiro atoms. The maximum absolute atomic E-state index is 5.41. The molecule has 0 saturated carbocycles. The molecule has 2 heterocycles. The summed E-state index contributed by atoms with van der Waals surface area (Å²) in [6.07, 6.45) is 4.02. The molecule has 2 aliphatic heterocycles. The number of hydrogen-bond donors (Lipinski definition) is 1. The van der Waals surface area contributed by atoms with E-state index in [1.807, 2.05) is 0 Å². The van der Waals surface area contributed by atoms with Gasteiger partial charge < -0.3 is 10.1 Å². The van der Waals surface area contributed by atoms with Gasteiger partial charge in [-0.05, 0) is 44.2 Å². The van der Waals surface area contributed by atoms with Crippen molar-refractivity contribution < 1.29 is 4.74 Å². The molecule has 2 saturated heterocycles. The molecule has 0 aliphatic carbocycles. The molecule has 0 aromatic rings. The van der Waals surface area contributed by atoms with Crippen LogP contribution >= 0.6 is 0 Å². The third-order valence-electron chi connectivity index (χ3n) is 4.19. The van der Waals surface area contributed by atoms with Crippen LogP contribution in [0.1, 0.15) is 33.1 Å². The first-order chi connectivity index (χ1) is 8.27. The number of ether oxygens (including phenoxy) is 1. The Morgan fingerprint density at radius 1 is 1.29 bits per heavy atom. The van der Waals surface area contributed by atoms with Crippen LogP contribution in [-0.2, 0) is 4.74 Å². The first kappa shape index (κ1) is 13.3. The maximum atomic E-state index is 5.41. The summed E-state index contributed by atoms with van der Waals surface area (Å²) in [5.74, 6) is 1.50. The summed E-state index contributed by atoms with van der Waals surface area (Å²) < 4.78 is 5.41. The van der Waals surface area contributed by atoms with Crippen molar-refractivity contribution in [2.75, 3.05) is 39.4 Å². The second kappa shape index (κ2) is 6.72. The van der Waals surface area contributed by atoms with Gasteiger partial charge in [0.1, 0.15) is 0 Å². The van der Waals surface area contributed by atoms with Crippen LogP contribution in [0.5, 0.6) is 0 Å². The van der Waals surface area contributed by atoms with Crippen LogP contribution in [0, 0.1) is 11.8 Å². The normalized spacial score (nSPS) is 28.1. The van der Waals surface area contributed by atoms with Gasteiger partial charge in [0, 0.05) is 25.7 Å². The molecule has 17 heavy (non-hydrogen) atoms. The average Bonchev–Trinajstić information content (AvgIpc) is 2.96. The average molecular weight is 240 g/mol. The van der Waals surface area contributed by atoms with Crippen LogP contribution in [0.15, 0.2) is 0 Å². The summed E-state index contributed by atoms with van der Waals surface area (Å²) in [5.41, 5.74) is 0. The van der Waals surface area contributed by atoms with Crippen molar-refractivity contribution in [1.82, 2.24) is 10.2 Å². The molecule has 2 aliphatic rings. The third kappa shape index (κ3) is 3.94. The lowest BCUT2D eigenvalue weighted by Crippen LogP contribution is -2.45. The van der Waals surface area contributed by atoms with Gasteiger partial charge >= 0.3 is 0 Å². The van der Waals surface area contributed by atoms with E-state index in [9.17, 15) is 0 Å². The standard InChI is InChI=1S/C14H28N2O/c1-12(2)14(16-6-3-4-7-16)10-15-9-13-5-8-17-11-13/h12-15H,3-11H2,1-2H3. The molecule has 3 nitrogen and oxygen atoms in total. The lowest BCUT2D eigenvalue weighted by molar-refractivity contribution is 0.175. The third-order valence-corrected chi connectivity index (χ3v) is 4.19. The highest BCUT2D eigenvalue weighted by molar-refractivity contribution is 4.81. The Hall–Kier alpha value is -0.120.